The highest BCUT2D eigenvalue weighted by Crippen LogP contribution is 2.18. The number of rotatable bonds is 6. The highest BCUT2D eigenvalue weighted by molar-refractivity contribution is 5.74. The molecule has 0 bridgehead atoms. The molecule has 1 aromatic rings. The number of piperazine rings is 1. The van der Waals surface area contributed by atoms with Crippen LogP contribution in [-0.4, -0.2) is 55.2 Å². The van der Waals surface area contributed by atoms with Gasteiger partial charge in [0.05, 0.1) is 6.61 Å². The summed E-state index contributed by atoms with van der Waals surface area (Å²) in [7, 11) is 0. The third-order valence-corrected chi connectivity index (χ3v) is 4.08. The standard InChI is InChI=1S/C18H29N3O2/c1-4-20-9-11-21(12-10-20)18(22)19-13-16-7-5-6-8-17(16)23-14-15(2)3/h5-8,15H,4,9-14H2,1-3H3,(H,19,22). The Morgan fingerprint density at radius 2 is 1.91 bits per heavy atom. The molecular weight excluding hydrogens is 290 g/mol. The lowest BCUT2D eigenvalue weighted by atomic mass is 10.2. The first kappa shape index (κ1) is 17.6. The molecule has 0 aliphatic carbocycles. The number of hydrogen-bond acceptors (Lipinski definition) is 3. The monoisotopic (exact) mass is 319 g/mol. The molecule has 0 saturated carbocycles. The Morgan fingerprint density at radius 1 is 1.22 bits per heavy atom. The van der Waals surface area contributed by atoms with Crippen LogP contribution in [0.1, 0.15) is 26.3 Å². The number of carbonyl (C=O) groups excluding carboxylic acids is 1. The molecule has 0 atom stereocenters. The molecule has 5 nitrogen and oxygen atoms in total. The third-order valence-electron chi connectivity index (χ3n) is 4.08. The molecule has 0 radical (unpaired) electrons. The SMILES string of the molecule is CCN1CCN(C(=O)NCc2ccccc2OCC(C)C)CC1. The number of urea groups is 1. The second-order valence-electron chi connectivity index (χ2n) is 6.39. The van der Waals surface area contributed by atoms with E-state index in [1.165, 1.54) is 0 Å². The lowest BCUT2D eigenvalue weighted by molar-refractivity contribution is 0.142. The second-order valence-corrected chi connectivity index (χ2v) is 6.39. The van der Waals surface area contributed by atoms with Gasteiger partial charge in [0.15, 0.2) is 0 Å². The fourth-order valence-corrected chi connectivity index (χ4v) is 2.60. The molecule has 1 fully saturated rings. The smallest absolute Gasteiger partial charge is 0.317 e. The molecule has 1 aliphatic rings. The predicted octanol–water partition coefficient (Wildman–Crippen LogP) is 2.57. The molecule has 1 heterocycles. The molecule has 0 unspecified atom stereocenters. The summed E-state index contributed by atoms with van der Waals surface area (Å²) in [6.45, 7) is 12.2. The van der Waals surface area contributed by atoms with E-state index in [-0.39, 0.29) is 6.03 Å². The zero-order valence-electron chi connectivity index (χ0n) is 14.5. The average Bonchev–Trinajstić information content (AvgIpc) is 2.58. The van der Waals surface area contributed by atoms with Gasteiger partial charge in [-0.2, -0.15) is 0 Å². The number of benzene rings is 1. The number of carbonyl (C=O) groups is 1. The van der Waals surface area contributed by atoms with E-state index in [1.54, 1.807) is 0 Å². The number of para-hydroxylation sites is 1. The molecule has 5 heteroatoms. The minimum absolute atomic E-state index is 0.0133. The van der Waals surface area contributed by atoms with Crippen molar-refractivity contribution in [3.63, 3.8) is 0 Å². The number of amides is 2. The lowest BCUT2D eigenvalue weighted by Gasteiger charge is -2.34. The van der Waals surface area contributed by atoms with Crippen molar-refractivity contribution in [3.8, 4) is 5.75 Å². The van der Waals surface area contributed by atoms with Crippen molar-refractivity contribution in [2.45, 2.75) is 27.3 Å². The van der Waals surface area contributed by atoms with Crippen LogP contribution in [0.3, 0.4) is 0 Å². The molecule has 128 valence electrons. The number of nitrogens with one attached hydrogen (secondary N) is 1. The van der Waals surface area contributed by atoms with Crippen molar-refractivity contribution in [1.29, 1.82) is 0 Å². The van der Waals surface area contributed by atoms with Crippen LogP contribution in [-0.2, 0) is 6.54 Å². The van der Waals surface area contributed by atoms with Gasteiger partial charge in [-0.1, -0.05) is 39.0 Å². The van der Waals surface area contributed by atoms with Gasteiger partial charge in [-0.3, -0.25) is 0 Å². The molecule has 1 aromatic carbocycles. The van der Waals surface area contributed by atoms with E-state index in [1.807, 2.05) is 29.2 Å². The first-order valence-corrected chi connectivity index (χ1v) is 8.56. The topological polar surface area (TPSA) is 44.8 Å². The summed E-state index contributed by atoms with van der Waals surface area (Å²) in [5.74, 6) is 1.34. The van der Waals surface area contributed by atoms with E-state index in [0.29, 0.717) is 19.1 Å². The van der Waals surface area contributed by atoms with Crippen LogP contribution in [0.25, 0.3) is 0 Å². The fraction of sp³-hybridized carbons (Fsp3) is 0.611. The lowest BCUT2D eigenvalue weighted by Crippen LogP contribution is -2.51. The Labute approximate surface area is 139 Å². The first-order valence-electron chi connectivity index (χ1n) is 8.56. The Balaban J connectivity index is 1.84. The summed E-state index contributed by atoms with van der Waals surface area (Å²) >= 11 is 0. The summed E-state index contributed by atoms with van der Waals surface area (Å²) in [6.07, 6.45) is 0. The van der Waals surface area contributed by atoms with Gasteiger partial charge in [0, 0.05) is 38.3 Å². The molecule has 23 heavy (non-hydrogen) atoms. The van der Waals surface area contributed by atoms with Crippen LogP contribution >= 0.6 is 0 Å². The van der Waals surface area contributed by atoms with Crippen molar-refractivity contribution < 1.29 is 9.53 Å². The number of ether oxygens (including phenoxy) is 1. The van der Waals surface area contributed by atoms with Gasteiger partial charge in [0.2, 0.25) is 0 Å². The third kappa shape index (κ3) is 5.43. The van der Waals surface area contributed by atoms with E-state index >= 15 is 0 Å². The number of nitrogens with zero attached hydrogens (tertiary/aromatic N) is 2. The maximum Gasteiger partial charge on any atom is 0.317 e. The summed E-state index contributed by atoms with van der Waals surface area (Å²) in [5.41, 5.74) is 1.02. The zero-order chi connectivity index (χ0) is 16.7. The van der Waals surface area contributed by atoms with Gasteiger partial charge in [0.25, 0.3) is 0 Å². The Bertz CT molecular complexity index is 497. The van der Waals surface area contributed by atoms with Gasteiger partial charge in [-0.25, -0.2) is 4.79 Å². The maximum atomic E-state index is 12.3. The summed E-state index contributed by atoms with van der Waals surface area (Å²) < 4.78 is 5.83. The zero-order valence-corrected chi connectivity index (χ0v) is 14.5. The number of hydrogen-bond donors (Lipinski definition) is 1. The largest absolute Gasteiger partial charge is 0.493 e. The average molecular weight is 319 g/mol. The van der Waals surface area contributed by atoms with Crippen molar-refractivity contribution in [2.24, 2.45) is 5.92 Å². The van der Waals surface area contributed by atoms with Crippen LogP contribution in [0.4, 0.5) is 4.79 Å². The van der Waals surface area contributed by atoms with Gasteiger partial charge < -0.3 is 19.9 Å². The van der Waals surface area contributed by atoms with Crippen molar-refractivity contribution in [2.75, 3.05) is 39.3 Å². The van der Waals surface area contributed by atoms with Gasteiger partial charge in [-0.05, 0) is 18.5 Å². The maximum absolute atomic E-state index is 12.3. The molecule has 0 spiro atoms. The Hall–Kier alpha value is -1.75. The summed E-state index contributed by atoms with van der Waals surface area (Å²) in [5, 5.41) is 3.02. The van der Waals surface area contributed by atoms with Gasteiger partial charge in [-0.15, -0.1) is 0 Å². The van der Waals surface area contributed by atoms with Crippen molar-refractivity contribution in [3.05, 3.63) is 29.8 Å². The number of likely N-dealkylation sites (N-methyl/N-ethyl adjacent to an activating group) is 1. The molecule has 2 amide bonds. The molecule has 0 aromatic heterocycles. The van der Waals surface area contributed by atoms with E-state index in [2.05, 4.69) is 31.0 Å². The Morgan fingerprint density at radius 3 is 2.57 bits per heavy atom. The van der Waals surface area contributed by atoms with Gasteiger partial charge in [0.1, 0.15) is 5.75 Å². The highest BCUT2D eigenvalue weighted by atomic mass is 16.5. The van der Waals surface area contributed by atoms with Crippen LogP contribution in [0.2, 0.25) is 0 Å². The van der Waals surface area contributed by atoms with Crippen molar-refractivity contribution >= 4 is 6.03 Å². The quantitative estimate of drug-likeness (QED) is 0.876. The predicted molar refractivity (Wildman–Crippen MR) is 92.7 cm³/mol. The van der Waals surface area contributed by atoms with Crippen LogP contribution < -0.4 is 10.1 Å². The van der Waals surface area contributed by atoms with Gasteiger partial charge >= 0.3 is 6.03 Å². The molecule has 2 rings (SSSR count). The fourth-order valence-electron chi connectivity index (χ4n) is 2.60. The first-order chi connectivity index (χ1) is 11.1. The molecule has 1 N–H and O–H groups in total. The molecule has 1 saturated heterocycles. The van der Waals surface area contributed by atoms with E-state index in [9.17, 15) is 4.79 Å². The Kier molecular flexibility index (Phi) is 6.71. The minimum atomic E-state index is 0.0133. The minimum Gasteiger partial charge on any atom is -0.493 e. The second kappa shape index (κ2) is 8.77. The van der Waals surface area contributed by atoms with E-state index in [0.717, 1.165) is 44.0 Å². The van der Waals surface area contributed by atoms with Crippen LogP contribution in [0.15, 0.2) is 24.3 Å². The molecular formula is C18H29N3O2. The van der Waals surface area contributed by atoms with E-state index < -0.39 is 0 Å². The van der Waals surface area contributed by atoms with Crippen LogP contribution in [0.5, 0.6) is 5.75 Å². The van der Waals surface area contributed by atoms with Crippen molar-refractivity contribution in [1.82, 2.24) is 15.1 Å². The highest BCUT2D eigenvalue weighted by Gasteiger charge is 2.20. The van der Waals surface area contributed by atoms with Crippen LogP contribution in [0, 0.1) is 5.92 Å². The summed E-state index contributed by atoms with van der Waals surface area (Å²) in [4.78, 5) is 16.6. The normalized spacial score (nSPS) is 15.7. The molecule has 1 aliphatic heterocycles. The van der Waals surface area contributed by atoms with E-state index in [4.69, 9.17) is 4.74 Å². The summed E-state index contributed by atoms with van der Waals surface area (Å²) in [6, 6.07) is 7.92.